The van der Waals surface area contributed by atoms with Gasteiger partial charge in [-0.2, -0.15) is 0 Å². The van der Waals surface area contributed by atoms with Crippen molar-refractivity contribution in [3.63, 3.8) is 0 Å². The monoisotopic (exact) mass is 482 g/mol. The van der Waals surface area contributed by atoms with Gasteiger partial charge in [0.25, 0.3) is 0 Å². The third kappa shape index (κ3) is 3.07. The first kappa shape index (κ1) is 21.0. The van der Waals surface area contributed by atoms with Crippen LogP contribution in [0.15, 0.2) is 133 Å². The molecule has 0 fully saturated rings. The lowest BCUT2D eigenvalue weighted by atomic mass is 9.86. The summed E-state index contributed by atoms with van der Waals surface area (Å²) < 4.78 is 0. The van der Waals surface area contributed by atoms with Gasteiger partial charge in [0.2, 0.25) is 0 Å². The van der Waals surface area contributed by atoms with E-state index < -0.39 is 0 Å². The molecule has 0 N–H and O–H groups in total. The summed E-state index contributed by atoms with van der Waals surface area (Å²) >= 11 is 0. The number of aromatic nitrogens is 2. The Kier molecular flexibility index (Phi) is 4.55. The Morgan fingerprint density at radius 3 is 1.03 bits per heavy atom. The molecule has 0 aliphatic heterocycles. The molecular weight excluding hydrogens is 460 g/mol. The summed E-state index contributed by atoms with van der Waals surface area (Å²) in [6.45, 7) is 0. The van der Waals surface area contributed by atoms with Crippen LogP contribution in [-0.4, -0.2) is 9.97 Å². The van der Waals surface area contributed by atoms with Crippen molar-refractivity contribution in [2.45, 2.75) is 0 Å². The highest BCUT2D eigenvalue weighted by molar-refractivity contribution is 6.21. The molecule has 8 aromatic rings. The average molecular weight is 483 g/mol. The fourth-order valence-electron chi connectivity index (χ4n) is 6.02. The number of hydrogen-bond acceptors (Lipinski definition) is 2. The Balaban J connectivity index is 1.59. The predicted molar refractivity (Wildman–Crippen MR) is 160 cm³/mol. The molecule has 0 amide bonds. The van der Waals surface area contributed by atoms with Crippen LogP contribution < -0.4 is 0 Å². The Bertz CT molecular complexity index is 1930. The minimum Gasteiger partial charge on any atom is -0.248 e. The van der Waals surface area contributed by atoms with Gasteiger partial charge in [-0.15, -0.1) is 0 Å². The molecule has 0 unspecified atom stereocenters. The smallest absolute Gasteiger partial charge is 0.0715 e. The summed E-state index contributed by atoms with van der Waals surface area (Å²) in [5.41, 5.74) is 8.94. The number of nitrogens with zero attached hydrogens (tertiary/aromatic N) is 2. The van der Waals surface area contributed by atoms with Crippen LogP contribution in [-0.2, 0) is 0 Å². The maximum Gasteiger partial charge on any atom is 0.0715 e. The van der Waals surface area contributed by atoms with Gasteiger partial charge in [-0.05, 0) is 46.2 Å². The van der Waals surface area contributed by atoms with E-state index in [4.69, 9.17) is 9.97 Å². The van der Waals surface area contributed by atoms with Gasteiger partial charge in [0.1, 0.15) is 0 Å². The van der Waals surface area contributed by atoms with E-state index in [-0.39, 0.29) is 0 Å². The van der Waals surface area contributed by atoms with Crippen molar-refractivity contribution in [3.05, 3.63) is 133 Å². The highest BCUT2D eigenvalue weighted by atomic mass is 14.7. The zero-order valence-electron chi connectivity index (χ0n) is 20.6. The molecule has 0 spiro atoms. The molecule has 2 heterocycles. The van der Waals surface area contributed by atoms with E-state index in [1.165, 1.54) is 33.0 Å². The molecular formula is C36H22N2. The second kappa shape index (κ2) is 8.22. The summed E-state index contributed by atoms with van der Waals surface area (Å²) in [4.78, 5) is 10.00. The SMILES string of the molecule is c1cc(-c2c3ccccc3nc3ccccc23)c2c(-c3c4ccccc4nc4ccccc34)cccc2c1. The lowest BCUT2D eigenvalue weighted by molar-refractivity contribution is 1.49. The number of pyridine rings is 2. The molecule has 0 saturated heterocycles. The van der Waals surface area contributed by atoms with E-state index in [0.717, 1.165) is 43.6 Å². The second-order valence-corrected chi connectivity index (χ2v) is 9.75. The summed E-state index contributed by atoms with van der Waals surface area (Å²) in [5, 5.41) is 7.12. The van der Waals surface area contributed by atoms with Gasteiger partial charge in [-0.25, -0.2) is 9.97 Å². The fourth-order valence-corrected chi connectivity index (χ4v) is 6.02. The molecule has 0 saturated carbocycles. The van der Waals surface area contributed by atoms with E-state index in [0.29, 0.717) is 0 Å². The van der Waals surface area contributed by atoms with Crippen LogP contribution in [0, 0.1) is 0 Å². The van der Waals surface area contributed by atoms with Crippen molar-refractivity contribution in [3.8, 4) is 22.3 Å². The van der Waals surface area contributed by atoms with Gasteiger partial charge in [-0.1, -0.05) is 109 Å². The molecule has 38 heavy (non-hydrogen) atoms. The zero-order chi connectivity index (χ0) is 25.1. The first-order valence-corrected chi connectivity index (χ1v) is 12.9. The molecule has 0 aliphatic rings. The molecule has 8 rings (SSSR count). The van der Waals surface area contributed by atoms with Crippen LogP contribution in [0.2, 0.25) is 0 Å². The number of para-hydroxylation sites is 4. The third-order valence-corrected chi connectivity index (χ3v) is 7.62. The highest BCUT2D eigenvalue weighted by Gasteiger charge is 2.18. The first-order chi connectivity index (χ1) is 18.9. The van der Waals surface area contributed by atoms with Gasteiger partial charge in [0, 0.05) is 32.7 Å². The molecule has 176 valence electrons. The third-order valence-electron chi connectivity index (χ3n) is 7.62. The van der Waals surface area contributed by atoms with Crippen LogP contribution >= 0.6 is 0 Å². The van der Waals surface area contributed by atoms with Gasteiger partial charge >= 0.3 is 0 Å². The topological polar surface area (TPSA) is 25.8 Å². The Hall–Kier alpha value is -5.08. The number of fused-ring (bicyclic) bond motifs is 5. The molecule has 2 nitrogen and oxygen atoms in total. The van der Waals surface area contributed by atoms with Crippen LogP contribution in [0.25, 0.3) is 76.6 Å². The summed E-state index contributed by atoms with van der Waals surface area (Å²) in [6.07, 6.45) is 0. The number of hydrogen-bond donors (Lipinski definition) is 0. The van der Waals surface area contributed by atoms with E-state index in [1.807, 2.05) is 0 Å². The second-order valence-electron chi connectivity index (χ2n) is 9.75. The van der Waals surface area contributed by atoms with Gasteiger partial charge in [0.05, 0.1) is 22.1 Å². The summed E-state index contributed by atoms with van der Waals surface area (Å²) in [7, 11) is 0. The van der Waals surface area contributed by atoms with E-state index in [2.05, 4.69) is 133 Å². The molecule has 2 aromatic heterocycles. The Morgan fingerprint density at radius 2 is 0.658 bits per heavy atom. The lowest BCUT2D eigenvalue weighted by Gasteiger charge is -2.18. The quantitative estimate of drug-likeness (QED) is 0.229. The first-order valence-electron chi connectivity index (χ1n) is 12.9. The highest BCUT2D eigenvalue weighted by Crippen LogP contribution is 2.44. The normalized spacial score (nSPS) is 11.7. The van der Waals surface area contributed by atoms with Crippen molar-refractivity contribution in [1.82, 2.24) is 9.97 Å². The maximum atomic E-state index is 5.00. The molecule has 0 atom stereocenters. The molecule has 0 aliphatic carbocycles. The molecule has 6 aromatic carbocycles. The molecule has 0 radical (unpaired) electrons. The standard InChI is InChI=1S/C36H22N2/c1-5-19-30-24(13-1)35(25-14-2-6-20-31(25)37-30)28-17-9-11-23-12-10-18-29(34(23)28)36-26-15-3-7-21-32(26)38-33-22-8-4-16-27(33)36/h1-22H. The van der Waals surface area contributed by atoms with Crippen molar-refractivity contribution < 1.29 is 0 Å². The van der Waals surface area contributed by atoms with Crippen molar-refractivity contribution >= 4 is 54.4 Å². The van der Waals surface area contributed by atoms with Gasteiger partial charge in [0.15, 0.2) is 0 Å². The maximum absolute atomic E-state index is 5.00. The lowest BCUT2D eigenvalue weighted by Crippen LogP contribution is -1.93. The van der Waals surface area contributed by atoms with E-state index in [9.17, 15) is 0 Å². The Morgan fingerprint density at radius 1 is 0.316 bits per heavy atom. The Labute approximate surface area is 219 Å². The predicted octanol–water partition coefficient (Wildman–Crippen LogP) is 9.58. The average Bonchev–Trinajstić information content (AvgIpc) is 2.98. The minimum absolute atomic E-state index is 1.01. The minimum atomic E-state index is 1.01. The van der Waals surface area contributed by atoms with Crippen molar-refractivity contribution in [2.24, 2.45) is 0 Å². The fraction of sp³-hybridized carbons (Fsp3) is 0. The van der Waals surface area contributed by atoms with Crippen molar-refractivity contribution in [1.29, 1.82) is 0 Å². The number of benzene rings is 6. The van der Waals surface area contributed by atoms with Crippen LogP contribution in [0.1, 0.15) is 0 Å². The largest absolute Gasteiger partial charge is 0.248 e. The molecule has 2 heteroatoms. The van der Waals surface area contributed by atoms with Gasteiger partial charge < -0.3 is 0 Å². The van der Waals surface area contributed by atoms with Crippen LogP contribution in [0.3, 0.4) is 0 Å². The summed E-state index contributed by atoms with van der Waals surface area (Å²) in [6, 6.07) is 47.3. The van der Waals surface area contributed by atoms with Gasteiger partial charge in [-0.3, -0.25) is 0 Å². The molecule has 0 bridgehead atoms. The van der Waals surface area contributed by atoms with E-state index >= 15 is 0 Å². The zero-order valence-corrected chi connectivity index (χ0v) is 20.6. The summed E-state index contributed by atoms with van der Waals surface area (Å²) in [5.74, 6) is 0. The van der Waals surface area contributed by atoms with Crippen LogP contribution in [0.4, 0.5) is 0 Å². The van der Waals surface area contributed by atoms with E-state index in [1.54, 1.807) is 0 Å². The van der Waals surface area contributed by atoms with Crippen molar-refractivity contribution in [2.75, 3.05) is 0 Å². The number of rotatable bonds is 2. The van der Waals surface area contributed by atoms with Crippen LogP contribution in [0.5, 0.6) is 0 Å².